The lowest BCUT2D eigenvalue weighted by molar-refractivity contribution is -0.0765. The zero-order valence-electron chi connectivity index (χ0n) is 13.2. The van der Waals surface area contributed by atoms with Crippen LogP contribution < -0.4 is 5.73 Å². The van der Waals surface area contributed by atoms with E-state index in [2.05, 4.69) is 19.3 Å². The molecule has 1 aliphatic rings. The predicted octanol–water partition coefficient (Wildman–Crippen LogP) is -0.242. The van der Waals surface area contributed by atoms with Gasteiger partial charge in [-0.25, -0.2) is 15.0 Å². The second kappa shape index (κ2) is 7.14. The number of hydrogen-bond acceptors (Lipinski definition) is 11. The number of imidazole rings is 1. The molecule has 6 atom stereocenters. The van der Waals surface area contributed by atoms with Crippen molar-refractivity contribution >= 4 is 33.5 Å². The molecule has 3 rings (SSSR count). The van der Waals surface area contributed by atoms with Crippen LogP contribution in [0.5, 0.6) is 0 Å². The van der Waals surface area contributed by atoms with Crippen molar-refractivity contribution in [3.63, 3.8) is 0 Å². The van der Waals surface area contributed by atoms with Crippen LogP contribution in [0.25, 0.3) is 11.2 Å². The Morgan fingerprint density at radius 2 is 2.15 bits per heavy atom. The first-order chi connectivity index (χ1) is 12.2. The van der Waals surface area contributed by atoms with Gasteiger partial charge in [-0.2, -0.15) is 0 Å². The molecule has 6 unspecified atom stereocenters. The maximum atomic E-state index is 11.3. The Bertz CT molecular complexity index is 860. The molecule has 13 nitrogen and oxygen atoms in total. The fourth-order valence-electron chi connectivity index (χ4n) is 2.55. The van der Waals surface area contributed by atoms with Crippen LogP contribution in [-0.2, 0) is 22.7 Å². The van der Waals surface area contributed by atoms with E-state index in [9.17, 15) is 19.3 Å². The predicted molar refractivity (Wildman–Crippen MR) is 84.7 cm³/mol. The molecule has 15 heteroatoms. The summed E-state index contributed by atoms with van der Waals surface area (Å²) in [4.78, 5) is 20.4. The van der Waals surface area contributed by atoms with E-state index in [0.29, 0.717) is 5.52 Å². The van der Waals surface area contributed by atoms with E-state index in [-0.39, 0.29) is 11.5 Å². The molecule has 0 amide bonds. The summed E-state index contributed by atoms with van der Waals surface area (Å²) in [5.74, 6) is 0.139. The van der Waals surface area contributed by atoms with Gasteiger partial charge < -0.3 is 20.7 Å². The van der Waals surface area contributed by atoms with Crippen molar-refractivity contribution in [1.82, 2.24) is 19.5 Å². The average Bonchev–Trinajstić information content (AvgIpc) is 3.07. The van der Waals surface area contributed by atoms with E-state index >= 15 is 0 Å². The number of hydrogen-bond donors (Lipinski definition) is 4. The van der Waals surface area contributed by atoms with E-state index < -0.39 is 47.2 Å². The fraction of sp³-hybridized carbons (Fsp3) is 0.545. The molecule has 0 aromatic carbocycles. The minimum absolute atomic E-state index is 0.139. The smallest absolute Gasteiger partial charge is 0.385 e. The largest absolute Gasteiger partial charge is 0.747 e. The summed E-state index contributed by atoms with van der Waals surface area (Å²) in [5, 5.41) is 21.0. The standard InChI is InChI=1S/C11H14N5O8P2/c1-11(18)5(2-22-26(21)24-25(19)20)23-10(7(11)17)16-4-15-6-8(12)13-3-14-9(6)16/h3-5,7,10,17-18H,2H2,1H3,(H2-,12,13,14,19,20)/q+1/p+1. The highest BCUT2D eigenvalue weighted by Crippen LogP contribution is 2.41. The lowest BCUT2D eigenvalue weighted by Gasteiger charge is -2.24. The third kappa shape index (κ3) is 3.43. The van der Waals surface area contributed by atoms with E-state index in [4.69, 9.17) is 19.9 Å². The van der Waals surface area contributed by atoms with E-state index in [1.54, 1.807) is 0 Å². The molecule has 0 radical (unpaired) electrons. The van der Waals surface area contributed by atoms with Crippen LogP contribution >= 0.6 is 16.5 Å². The SMILES string of the molecule is CC1(O)C(CO[P+](=O)O[P+](=O)O)OC(n2cnc3c(N)ncnc32)C1O. The molecule has 0 spiro atoms. The van der Waals surface area contributed by atoms with Gasteiger partial charge in [-0.3, -0.25) is 4.57 Å². The second-order valence-electron chi connectivity index (χ2n) is 5.61. The summed E-state index contributed by atoms with van der Waals surface area (Å²) in [6, 6.07) is 0. The first-order valence-electron chi connectivity index (χ1n) is 7.15. The number of nitrogens with two attached hydrogens (primary N) is 1. The number of nitrogen functional groups attached to an aromatic ring is 1. The van der Waals surface area contributed by atoms with Crippen LogP contribution in [0.3, 0.4) is 0 Å². The average molecular weight is 407 g/mol. The van der Waals surface area contributed by atoms with Gasteiger partial charge in [0.05, 0.1) is 6.33 Å². The van der Waals surface area contributed by atoms with Gasteiger partial charge in [0.25, 0.3) is 0 Å². The normalized spacial score (nSPS) is 29.9. The Balaban J connectivity index is 1.81. The molecule has 0 saturated carbocycles. The molecule has 2 aromatic rings. The van der Waals surface area contributed by atoms with Crippen LogP contribution in [0.4, 0.5) is 5.82 Å². The molecule has 26 heavy (non-hydrogen) atoms. The van der Waals surface area contributed by atoms with E-state index in [1.165, 1.54) is 24.1 Å². The summed E-state index contributed by atoms with van der Waals surface area (Å²) >= 11 is 0. The molecule has 1 aliphatic heterocycles. The summed E-state index contributed by atoms with van der Waals surface area (Å²) in [6.07, 6.45) is -1.10. The quantitative estimate of drug-likeness (QED) is 0.460. The summed E-state index contributed by atoms with van der Waals surface area (Å²) < 4.78 is 37.6. The van der Waals surface area contributed by atoms with Crippen molar-refractivity contribution in [2.45, 2.75) is 31.0 Å². The molecule has 1 saturated heterocycles. The van der Waals surface area contributed by atoms with Crippen LogP contribution in [0.1, 0.15) is 13.2 Å². The zero-order chi connectivity index (χ0) is 19.1. The van der Waals surface area contributed by atoms with Crippen molar-refractivity contribution in [3.05, 3.63) is 12.7 Å². The van der Waals surface area contributed by atoms with Crippen molar-refractivity contribution in [2.24, 2.45) is 0 Å². The maximum Gasteiger partial charge on any atom is 0.747 e. The third-order valence-electron chi connectivity index (χ3n) is 3.95. The molecular weight excluding hydrogens is 392 g/mol. The van der Waals surface area contributed by atoms with Gasteiger partial charge in [0, 0.05) is 9.13 Å². The summed E-state index contributed by atoms with van der Waals surface area (Å²) in [7, 11) is -6.00. The number of aliphatic hydroxyl groups is 2. The summed E-state index contributed by atoms with van der Waals surface area (Å²) in [6.45, 7) is 0.831. The Kier molecular flexibility index (Phi) is 5.24. The minimum Gasteiger partial charge on any atom is -0.385 e. The molecule has 5 N–H and O–H groups in total. The van der Waals surface area contributed by atoms with Crippen LogP contribution in [0.2, 0.25) is 0 Å². The molecule has 1 fully saturated rings. The molecule has 3 heterocycles. The zero-order valence-corrected chi connectivity index (χ0v) is 15.0. The van der Waals surface area contributed by atoms with E-state index in [0.717, 1.165) is 0 Å². The molecule has 0 aliphatic carbocycles. The van der Waals surface area contributed by atoms with Gasteiger partial charge in [0.15, 0.2) is 22.0 Å². The molecule has 0 bridgehead atoms. The Hall–Kier alpha value is -1.69. The first-order valence-corrected chi connectivity index (χ1v) is 9.37. The minimum atomic E-state index is -3.11. The first kappa shape index (κ1) is 19.1. The lowest BCUT2D eigenvalue weighted by Crippen LogP contribution is -2.46. The molecular formula is C11H15N5O8P2+2. The monoisotopic (exact) mass is 407 g/mol. The van der Waals surface area contributed by atoms with Crippen molar-refractivity contribution in [3.8, 4) is 0 Å². The van der Waals surface area contributed by atoms with Gasteiger partial charge >= 0.3 is 16.5 Å². The van der Waals surface area contributed by atoms with Gasteiger partial charge in [-0.1, -0.05) is 0 Å². The maximum absolute atomic E-state index is 11.3. The highest BCUT2D eigenvalue weighted by atomic mass is 31.2. The Morgan fingerprint density at radius 1 is 1.42 bits per heavy atom. The lowest BCUT2D eigenvalue weighted by atomic mass is 9.95. The van der Waals surface area contributed by atoms with Gasteiger partial charge in [0.1, 0.15) is 36.3 Å². The highest BCUT2D eigenvalue weighted by molar-refractivity contribution is 7.47. The number of rotatable bonds is 6. The number of aromatic nitrogens is 4. The molecule has 2 aromatic heterocycles. The second-order valence-corrected chi connectivity index (χ2v) is 7.44. The topological polar surface area (TPSA) is 192 Å². The molecule has 140 valence electrons. The van der Waals surface area contributed by atoms with Gasteiger partial charge in [0.2, 0.25) is 0 Å². The van der Waals surface area contributed by atoms with E-state index in [1.807, 2.05) is 0 Å². The summed E-state index contributed by atoms with van der Waals surface area (Å²) in [5.41, 5.74) is 4.50. The van der Waals surface area contributed by atoms with Gasteiger partial charge in [-0.05, 0) is 6.92 Å². The number of fused-ring (bicyclic) bond motifs is 1. The van der Waals surface area contributed by atoms with Crippen molar-refractivity contribution in [1.29, 1.82) is 0 Å². The number of anilines is 1. The number of aliphatic hydroxyl groups excluding tert-OH is 1. The highest BCUT2D eigenvalue weighted by Gasteiger charge is 2.54. The van der Waals surface area contributed by atoms with Gasteiger partial charge in [-0.15, -0.1) is 9.42 Å². The third-order valence-corrected chi connectivity index (χ3v) is 5.41. The Labute approximate surface area is 147 Å². The van der Waals surface area contributed by atoms with Crippen LogP contribution in [0.15, 0.2) is 12.7 Å². The van der Waals surface area contributed by atoms with Crippen molar-refractivity contribution in [2.75, 3.05) is 12.3 Å². The van der Waals surface area contributed by atoms with Crippen molar-refractivity contribution < 1.29 is 37.8 Å². The number of nitrogens with zero attached hydrogens (tertiary/aromatic N) is 4. The van der Waals surface area contributed by atoms with Crippen LogP contribution in [-0.4, -0.2) is 59.0 Å². The number of ether oxygens (including phenoxy) is 1. The Morgan fingerprint density at radius 3 is 2.85 bits per heavy atom. The fourth-order valence-corrected chi connectivity index (χ4v) is 3.45. The van der Waals surface area contributed by atoms with Crippen LogP contribution in [0, 0.1) is 0 Å².